The molecule has 1 aliphatic rings. The third kappa shape index (κ3) is 32.0. The fraction of sp³-hybridized carbons (Fsp3) is 0.882. The molecule has 0 bridgehead atoms. The van der Waals surface area contributed by atoms with E-state index in [1.165, 1.54) is 141 Å². The van der Waals surface area contributed by atoms with Gasteiger partial charge >= 0.3 is 33.3 Å². The number of nitrogen functional groups attached to an aromatic ring is 1. The lowest BCUT2D eigenvalue weighted by Gasteiger charge is -2.21. The zero-order valence-electron chi connectivity index (χ0n) is 43.9. The van der Waals surface area contributed by atoms with E-state index in [2.05, 4.69) is 37.0 Å². The lowest BCUT2D eigenvalue weighted by Crippen LogP contribution is -2.36. The van der Waals surface area contributed by atoms with Gasteiger partial charge in [0.25, 0.3) is 0 Å². The van der Waals surface area contributed by atoms with E-state index in [1.54, 1.807) is 0 Å². The first-order valence-corrected chi connectivity index (χ1v) is 30.3. The van der Waals surface area contributed by atoms with Crippen LogP contribution >= 0.6 is 15.6 Å². The predicted octanol–water partition coefficient (Wildman–Crippen LogP) is 11.6. The number of nitrogens with zero attached hydrogens (tertiary/aromatic N) is 2. The fourth-order valence-electron chi connectivity index (χ4n) is 8.54. The number of hydrogen-bond donors (Lipinski definition) is 5. The highest BCUT2D eigenvalue weighted by Gasteiger charge is 2.46. The maximum absolute atomic E-state index is 12.9. The molecule has 2 rings (SSSR count). The lowest BCUT2D eigenvalue weighted by molar-refractivity contribution is -0.161. The number of aliphatic hydroxyl groups excluding tert-OH is 2. The third-order valence-electron chi connectivity index (χ3n) is 13.2. The number of phosphoric acid groups is 2. The minimum atomic E-state index is -5.42. The first-order valence-electron chi connectivity index (χ1n) is 27.3. The smallest absolute Gasteiger partial charge is 0.462 e. The van der Waals surface area contributed by atoms with Crippen LogP contribution in [0.5, 0.6) is 0 Å². The number of carbonyl (C=O) groups is 2. The standard InChI is InChI=1S/C51H95N3O15P2/c1-5-42(4)33-29-25-21-18-19-23-27-31-35-47(56)67-43(38-64-46(55)34-30-26-22-17-15-13-11-9-7-6-8-10-12-14-16-20-24-28-32-41(2)3)39-65-70(60,61)69-71(62,63)66-40-44-48(57)49(58)50(68-44)54-37-36-45(52)53-51(54)59/h36-37,41-44,48-50,57-58H,5-35,38-40H2,1-4H3,(H,60,61)(H,62,63)(H2,52,53,59)/t42?,43-,44-,48+,49?,50-/m1/s1. The second kappa shape index (κ2) is 38.3. The molecule has 6 N–H and O–H groups in total. The molecule has 71 heavy (non-hydrogen) atoms. The Morgan fingerprint density at radius 3 is 1.61 bits per heavy atom. The summed E-state index contributed by atoms with van der Waals surface area (Å²) in [6, 6.07) is 1.25. The van der Waals surface area contributed by atoms with E-state index in [1.807, 2.05) is 0 Å². The summed E-state index contributed by atoms with van der Waals surface area (Å²) in [6.07, 6.45) is 27.7. The van der Waals surface area contributed by atoms with Crippen molar-refractivity contribution in [2.75, 3.05) is 25.6 Å². The summed E-state index contributed by atoms with van der Waals surface area (Å²) in [5, 5.41) is 20.9. The molecule has 1 aromatic rings. The van der Waals surface area contributed by atoms with Gasteiger partial charge in [0.2, 0.25) is 0 Å². The summed E-state index contributed by atoms with van der Waals surface area (Å²) in [5.74, 6) is 0.309. The quantitative estimate of drug-likeness (QED) is 0.0231. The minimum Gasteiger partial charge on any atom is -0.462 e. The van der Waals surface area contributed by atoms with E-state index in [9.17, 15) is 43.5 Å². The van der Waals surface area contributed by atoms with Crippen LogP contribution in [0.25, 0.3) is 0 Å². The van der Waals surface area contributed by atoms with Crippen molar-refractivity contribution in [2.45, 2.75) is 257 Å². The minimum absolute atomic E-state index is 0.0550. The molecule has 0 aliphatic carbocycles. The van der Waals surface area contributed by atoms with Crippen LogP contribution < -0.4 is 11.4 Å². The molecule has 1 aromatic heterocycles. The van der Waals surface area contributed by atoms with E-state index >= 15 is 0 Å². The molecule has 18 nitrogen and oxygen atoms in total. The molecule has 4 unspecified atom stereocenters. The molecule has 0 aromatic carbocycles. The van der Waals surface area contributed by atoms with Crippen molar-refractivity contribution < 1.29 is 66.3 Å². The lowest BCUT2D eigenvalue weighted by atomic mass is 9.99. The highest BCUT2D eigenvalue weighted by atomic mass is 31.3. The predicted molar refractivity (Wildman–Crippen MR) is 275 cm³/mol. The summed E-state index contributed by atoms with van der Waals surface area (Å²) in [6.45, 7) is 6.82. The molecule has 1 aliphatic heterocycles. The van der Waals surface area contributed by atoms with Gasteiger partial charge in [-0.2, -0.15) is 9.29 Å². The Morgan fingerprint density at radius 2 is 1.13 bits per heavy atom. The van der Waals surface area contributed by atoms with E-state index in [4.69, 9.17) is 29.0 Å². The van der Waals surface area contributed by atoms with Gasteiger partial charge in [0.1, 0.15) is 30.7 Å². The Hall–Kier alpha value is -2.24. The second-order valence-corrected chi connectivity index (χ2v) is 23.2. The van der Waals surface area contributed by atoms with Gasteiger partial charge in [0.15, 0.2) is 12.3 Å². The Bertz CT molecular complexity index is 1720. The third-order valence-corrected chi connectivity index (χ3v) is 15.8. The van der Waals surface area contributed by atoms with Crippen LogP contribution in [0.4, 0.5) is 5.82 Å². The summed E-state index contributed by atoms with van der Waals surface area (Å²) < 4.78 is 56.9. The number of carbonyl (C=O) groups excluding carboxylic acids is 2. The molecule has 0 radical (unpaired) electrons. The Labute approximate surface area is 425 Å². The fourth-order valence-corrected chi connectivity index (χ4v) is 10.6. The first-order chi connectivity index (χ1) is 33.9. The molecule has 20 heteroatoms. The zero-order chi connectivity index (χ0) is 52.3. The van der Waals surface area contributed by atoms with Crippen LogP contribution in [0.15, 0.2) is 17.1 Å². The van der Waals surface area contributed by atoms with Gasteiger partial charge in [0, 0.05) is 19.0 Å². The summed E-state index contributed by atoms with van der Waals surface area (Å²) in [5.41, 5.74) is 4.60. The number of rotatable bonds is 45. The normalized spacial score (nSPS) is 19.6. The molecule has 0 saturated carbocycles. The average Bonchev–Trinajstić information content (AvgIpc) is 3.59. The number of unbranched alkanes of at least 4 members (excludes halogenated alkanes) is 24. The molecule has 414 valence electrons. The molecular formula is C51H95N3O15P2. The van der Waals surface area contributed by atoms with Crippen LogP contribution in [0.2, 0.25) is 0 Å². The SMILES string of the molecule is CCC(C)CCCCCCCCCCC(=O)O[C@H](COC(=O)CCCCCCCCCCCCCCCCCCCCC(C)C)COP(=O)(O)OP(=O)(O)OC[C@H]1O[C@@H](n2ccc(N)nc2=O)C(O)[C@H]1O. The second-order valence-electron chi connectivity index (χ2n) is 20.2. The molecule has 0 amide bonds. The van der Waals surface area contributed by atoms with Crippen molar-refractivity contribution in [3.05, 3.63) is 22.7 Å². The van der Waals surface area contributed by atoms with E-state index < -0.39 is 83.7 Å². The van der Waals surface area contributed by atoms with Gasteiger partial charge in [-0.15, -0.1) is 0 Å². The summed E-state index contributed by atoms with van der Waals surface area (Å²) in [4.78, 5) is 62.0. The number of hydrogen-bond acceptors (Lipinski definition) is 15. The number of anilines is 1. The van der Waals surface area contributed by atoms with Crippen LogP contribution in [0.1, 0.15) is 233 Å². The van der Waals surface area contributed by atoms with Crippen molar-refractivity contribution in [1.82, 2.24) is 9.55 Å². The van der Waals surface area contributed by atoms with Crippen molar-refractivity contribution in [3.63, 3.8) is 0 Å². The molecule has 1 fully saturated rings. The maximum atomic E-state index is 12.9. The number of aliphatic hydroxyl groups is 2. The van der Waals surface area contributed by atoms with Crippen molar-refractivity contribution in [3.8, 4) is 0 Å². The molecule has 0 spiro atoms. The largest absolute Gasteiger partial charge is 0.481 e. The van der Waals surface area contributed by atoms with Crippen molar-refractivity contribution in [1.29, 1.82) is 0 Å². The summed E-state index contributed by atoms with van der Waals surface area (Å²) >= 11 is 0. The molecular weight excluding hydrogens is 957 g/mol. The highest BCUT2D eigenvalue weighted by Crippen LogP contribution is 2.60. The highest BCUT2D eigenvalue weighted by molar-refractivity contribution is 7.61. The number of nitrogens with two attached hydrogens (primary N) is 1. The first kappa shape index (κ1) is 64.9. The van der Waals surface area contributed by atoms with Gasteiger partial charge in [0.05, 0.1) is 13.2 Å². The summed E-state index contributed by atoms with van der Waals surface area (Å²) in [7, 11) is -10.8. The Balaban J connectivity index is 1.73. The molecule has 2 heterocycles. The van der Waals surface area contributed by atoms with E-state index in [0.717, 1.165) is 61.3 Å². The number of ether oxygens (including phenoxy) is 3. The number of aromatic nitrogens is 2. The van der Waals surface area contributed by atoms with E-state index in [-0.39, 0.29) is 18.7 Å². The van der Waals surface area contributed by atoms with E-state index in [0.29, 0.717) is 12.8 Å². The van der Waals surface area contributed by atoms with Crippen LogP contribution in [-0.2, 0) is 46.3 Å². The van der Waals surface area contributed by atoms with Gasteiger partial charge in [-0.3, -0.25) is 23.2 Å². The Morgan fingerprint density at radius 1 is 0.676 bits per heavy atom. The van der Waals surface area contributed by atoms with Gasteiger partial charge < -0.3 is 39.9 Å². The van der Waals surface area contributed by atoms with Crippen molar-refractivity contribution in [2.24, 2.45) is 11.8 Å². The van der Waals surface area contributed by atoms with Gasteiger partial charge in [-0.1, -0.05) is 201 Å². The van der Waals surface area contributed by atoms with Gasteiger partial charge in [-0.05, 0) is 30.7 Å². The van der Waals surface area contributed by atoms with Crippen molar-refractivity contribution >= 4 is 33.4 Å². The average molecular weight is 1050 g/mol. The maximum Gasteiger partial charge on any atom is 0.481 e. The number of phosphoric ester groups is 2. The number of esters is 2. The molecule has 8 atom stereocenters. The topological polar surface area (TPSA) is 265 Å². The Kier molecular flexibility index (Phi) is 35.0. The zero-order valence-corrected chi connectivity index (χ0v) is 45.7. The monoisotopic (exact) mass is 1050 g/mol. The van der Waals surface area contributed by atoms with Crippen LogP contribution in [0.3, 0.4) is 0 Å². The van der Waals surface area contributed by atoms with Crippen LogP contribution in [0, 0.1) is 11.8 Å². The van der Waals surface area contributed by atoms with Gasteiger partial charge in [-0.25, -0.2) is 13.9 Å². The molecule has 1 saturated heterocycles. The van der Waals surface area contributed by atoms with Crippen LogP contribution in [-0.4, -0.2) is 85.7 Å².